The smallest absolute Gasteiger partial charge is 0.332 e. The van der Waals surface area contributed by atoms with Gasteiger partial charge in [0.2, 0.25) is 11.8 Å². The lowest BCUT2D eigenvalue weighted by molar-refractivity contribution is -0.134. The first-order chi connectivity index (χ1) is 6.43. The third-order valence-corrected chi connectivity index (χ3v) is 0.956. The number of aliphatic carboxylic acids is 1. The van der Waals surface area contributed by atoms with Gasteiger partial charge in [-0.1, -0.05) is 0 Å². The van der Waals surface area contributed by atoms with E-state index in [0.717, 1.165) is 0 Å². The summed E-state index contributed by atoms with van der Waals surface area (Å²) in [7, 11) is 1.50. The largest absolute Gasteiger partial charge is 0.478 e. The number of amides is 2. The lowest BCUT2D eigenvalue weighted by Gasteiger charge is -1.95. The zero-order valence-corrected chi connectivity index (χ0v) is 7.69. The van der Waals surface area contributed by atoms with Crippen molar-refractivity contribution in [3.8, 4) is 0 Å². The Morgan fingerprint density at radius 2 is 1.64 bits per heavy atom. The van der Waals surface area contributed by atoms with Crippen LogP contribution in [0.1, 0.15) is 6.42 Å². The number of carbonyl (C=O) groups excluding carboxylic acids is 2. The fraction of sp³-hybridized carbons (Fsp3) is 0.286. The fourth-order valence-corrected chi connectivity index (χ4v) is 0.548. The molecule has 0 radical (unpaired) electrons. The number of nitrogens with two attached hydrogens (primary N) is 3. The Kier molecular flexibility index (Phi) is 8.09. The van der Waals surface area contributed by atoms with Crippen molar-refractivity contribution in [3.05, 3.63) is 11.6 Å². The summed E-state index contributed by atoms with van der Waals surface area (Å²) in [4.78, 5) is 30.8. The van der Waals surface area contributed by atoms with Crippen molar-refractivity contribution in [2.75, 3.05) is 7.05 Å². The van der Waals surface area contributed by atoms with Gasteiger partial charge in [0.05, 0.1) is 12.0 Å². The molecular formula is C7H13N3O4. The van der Waals surface area contributed by atoms with E-state index in [-0.39, 0.29) is 0 Å². The van der Waals surface area contributed by atoms with Crippen LogP contribution in [0.15, 0.2) is 11.6 Å². The van der Waals surface area contributed by atoms with E-state index in [4.69, 9.17) is 10.8 Å². The highest BCUT2D eigenvalue weighted by Gasteiger charge is 2.11. The van der Waals surface area contributed by atoms with E-state index < -0.39 is 29.8 Å². The second-order valence-electron chi connectivity index (χ2n) is 2.02. The van der Waals surface area contributed by atoms with Crippen LogP contribution >= 0.6 is 0 Å². The second-order valence-corrected chi connectivity index (χ2v) is 2.02. The number of hydrogen-bond donors (Lipinski definition) is 4. The average molecular weight is 203 g/mol. The highest BCUT2D eigenvalue weighted by Crippen LogP contribution is 1.99. The summed E-state index contributed by atoms with van der Waals surface area (Å²) < 4.78 is 0. The van der Waals surface area contributed by atoms with E-state index >= 15 is 0 Å². The molecule has 0 unspecified atom stereocenters. The molecular weight excluding hydrogens is 190 g/mol. The van der Waals surface area contributed by atoms with Gasteiger partial charge in [-0.15, -0.1) is 0 Å². The summed E-state index contributed by atoms with van der Waals surface area (Å²) in [6.45, 7) is 0. The molecule has 0 saturated heterocycles. The number of carbonyl (C=O) groups is 3. The summed E-state index contributed by atoms with van der Waals surface area (Å²) >= 11 is 0. The Morgan fingerprint density at radius 3 is 1.86 bits per heavy atom. The van der Waals surface area contributed by atoms with Crippen LogP contribution in [0.2, 0.25) is 0 Å². The molecule has 2 amide bonds. The van der Waals surface area contributed by atoms with Crippen LogP contribution in [0.3, 0.4) is 0 Å². The van der Waals surface area contributed by atoms with E-state index in [1.54, 1.807) is 0 Å². The minimum absolute atomic E-state index is 0.407. The van der Waals surface area contributed by atoms with Gasteiger partial charge in [0.25, 0.3) is 0 Å². The van der Waals surface area contributed by atoms with Crippen molar-refractivity contribution in [2.24, 2.45) is 17.2 Å². The molecule has 0 aliphatic heterocycles. The van der Waals surface area contributed by atoms with Crippen LogP contribution in [0, 0.1) is 0 Å². The molecule has 7 N–H and O–H groups in total. The molecule has 0 atom stereocenters. The van der Waals surface area contributed by atoms with Crippen molar-refractivity contribution < 1.29 is 19.5 Å². The Balaban J connectivity index is 0. The van der Waals surface area contributed by atoms with Gasteiger partial charge in [-0.05, 0) is 7.05 Å². The van der Waals surface area contributed by atoms with Crippen molar-refractivity contribution in [3.63, 3.8) is 0 Å². The van der Waals surface area contributed by atoms with Crippen LogP contribution in [0.5, 0.6) is 0 Å². The standard InChI is InChI=1S/C6H8N2O4.CH5N/c7-4(9)1-3(6(11)12)2-5(8)10;1-2/h1H,2H2,(H2,7,9)(H2,8,10)(H,11,12);2H2,1H3/b3-1-;. The van der Waals surface area contributed by atoms with Crippen LogP contribution in [-0.2, 0) is 14.4 Å². The molecule has 0 aromatic carbocycles. The van der Waals surface area contributed by atoms with Gasteiger partial charge >= 0.3 is 5.97 Å². The summed E-state index contributed by atoms with van der Waals surface area (Å²) in [5.74, 6) is -3.13. The lowest BCUT2D eigenvalue weighted by Crippen LogP contribution is -2.17. The summed E-state index contributed by atoms with van der Waals surface area (Å²) in [5.41, 5.74) is 13.5. The Morgan fingerprint density at radius 1 is 1.21 bits per heavy atom. The second kappa shape index (κ2) is 7.74. The van der Waals surface area contributed by atoms with Gasteiger partial charge in [-0.2, -0.15) is 0 Å². The molecule has 0 bridgehead atoms. The lowest BCUT2D eigenvalue weighted by atomic mass is 10.1. The normalized spacial score (nSPS) is 9.71. The van der Waals surface area contributed by atoms with Crippen molar-refractivity contribution >= 4 is 17.8 Å². The molecule has 0 heterocycles. The number of rotatable bonds is 4. The molecule has 0 spiro atoms. The number of primary amides is 2. The quantitative estimate of drug-likeness (QED) is 0.387. The first kappa shape index (κ1) is 14.6. The first-order valence-corrected chi connectivity index (χ1v) is 3.53. The van der Waals surface area contributed by atoms with Gasteiger partial charge < -0.3 is 22.3 Å². The van der Waals surface area contributed by atoms with Gasteiger partial charge in [0, 0.05) is 6.08 Å². The molecule has 0 aromatic rings. The summed E-state index contributed by atoms with van der Waals surface area (Å²) in [6, 6.07) is 0. The van der Waals surface area contributed by atoms with E-state index in [2.05, 4.69) is 11.5 Å². The van der Waals surface area contributed by atoms with Crippen LogP contribution < -0.4 is 17.2 Å². The highest BCUT2D eigenvalue weighted by atomic mass is 16.4. The van der Waals surface area contributed by atoms with E-state index in [1.807, 2.05) is 0 Å². The third kappa shape index (κ3) is 8.21. The molecule has 0 fully saturated rings. The third-order valence-electron chi connectivity index (χ3n) is 0.956. The zero-order valence-electron chi connectivity index (χ0n) is 7.69. The number of carboxylic acids is 1. The van der Waals surface area contributed by atoms with Gasteiger partial charge in [-0.25, -0.2) is 4.79 Å². The first-order valence-electron chi connectivity index (χ1n) is 3.53. The molecule has 0 aliphatic carbocycles. The fourth-order valence-electron chi connectivity index (χ4n) is 0.548. The molecule has 0 saturated carbocycles. The van der Waals surface area contributed by atoms with E-state index in [9.17, 15) is 14.4 Å². The maximum atomic E-state index is 10.3. The monoisotopic (exact) mass is 203 g/mol. The van der Waals surface area contributed by atoms with Crippen LogP contribution in [0.4, 0.5) is 0 Å². The Bertz CT molecular complexity index is 260. The molecule has 7 heteroatoms. The van der Waals surface area contributed by atoms with Gasteiger partial charge in [0.15, 0.2) is 0 Å². The zero-order chi connectivity index (χ0) is 11.7. The Hall–Kier alpha value is -1.89. The minimum Gasteiger partial charge on any atom is -0.478 e. The molecule has 0 aliphatic rings. The van der Waals surface area contributed by atoms with Gasteiger partial charge in [0.1, 0.15) is 0 Å². The van der Waals surface area contributed by atoms with Crippen molar-refractivity contribution in [1.82, 2.24) is 0 Å². The maximum Gasteiger partial charge on any atom is 0.332 e. The SMILES string of the molecule is CN.NC(=O)/C=C(/CC(N)=O)C(=O)O. The predicted octanol–water partition coefficient (Wildman–Crippen LogP) is -2.07. The summed E-state index contributed by atoms with van der Waals surface area (Å²) in [6.07, 6.45) is 0.158. The van der Waals surface area contributed by atoms with Crippen molar-refractivity contribution in [1.29, 1.82) is 0 Å². The van der Waals surface area contributed by atoms with E-state index in [0.29, 0.717) is 6.08 Å². The topological polar surface area (TPSA) is 149 Å². The molecule has 0 aromatic heterocycles. The molecule has 14 heavy (non-hydrogen) atoms. The highest BCUT2D eigenvalue weighted by molar-refractivity contribution is 6.00. The van der Waals surface area contributed by atoms with Gasteiger partial charge in [-0.3, -0.25) is 9.59 Å². The van der Waals surface area contributed by atoms with Crippen molar-refractivity contribution in [2.45, 2.75) is 6.42 Å². The average Bonchev–Trinajstić information content (AvgIpc) is 2.05. The molecule has 7 nitrogen and oxygen atoms in total. The Labute approximate surface area is 80.5 Å². The van der Waals surface area contributed by atoms with Crippen LogP contribution in [0.25, 0.3) is 0 Å². The van der Waals surface area contributed by atoms with E-state index in [1.165, 1.54) is 7.05 Å². The molecule has 80 valence electrons. The summed E-state index contributed by atoms with van der Waals surface area (Å²) in [5, 5.41) is 8.39. The molecule has 0 rings (SSSR count). The minimum atomic E-state index is -1.38. The predicted molar refractivity (Wildman–Crippen MR) is 48.8 cm³/mol. The maximum absolute atomic E-state index is 10.3. The number of carboxylic acid groups (broad SMARTS) is 1. The van der Waals surface area contributed by atoms with Crippen LogP contribution in [-0.4, -0.2) is 29.9 Å². The number of hydrogen-bond acceptors (Lipinski definition) is 4.